The zero-order valence-corrected chi connectivity index (χ0v) is 50.6. The fraction of sp³-hybridized carbons (Fsp3) is 0.517. The van der Waals surface area contributed by atoms with Crippen LogP contribution in [0.3, 0.4) is 0 Å². The molecule has 4 aromatic rings. The highest BCUT2D eigenvalue weighted by Crippen LogP contribution is 2.43. The zero-order chi connectivity index (χ0) is 63.4. The number of benzene rings is 3. The molecule has 0 saturated carbocycles. The topological polar surface area (TPSA) is 302 Å². The molecule has 1 aromatic heterocycles. The standard InChI is InChI=1S/C60H73F4N10O12PS/c1-59(2,3)37-6-4-34(5-7-37)26-43(57(82)72-24-19-33(20-25-72)18-22-66-39-9-11-41-36(28-39)30-73(56(41)81)45-14-17-51(76)70-53(45)78)68-52(77)42(12-16-50(65)75)67-54(79)46-13-10-40-21-23-71(32-49(61)62)31-44(58(83)74(40)46)69-55(80)48-29-35-27-38(8-15-47(35)88-48)60(63,64)86-87(84)85/h4-9,11,15,27-29,33,40,42-46,49,66,84-85H,10,12-14,16-26,30-32H2,1-3H3,(H2,65,75)(H,67,79)(H,68,77)(H,69,80)(H,70,76,78)/t40-,42+,43+,44+,45?,46+/m1/s1. The van der Waals surface area contributed by atoms with Gasteiger partial charge in [0.1, 0.15) is 30.2 Å². The molecule has 1 unspecified atom stereocenters. The molecule has 4 saturated heterocycles. The second-order valence-electron chi connectivity index (χ2n) is 24.2. The van der Waals surface area contributed by atoms with Crippen LogP contribution in [0.4, 0.5) is 23.2 Å². The van der Waals surface area contributed by atoms with Crippen LogP contribution in [-0.4, -0.2) is 164 Å². The molecule has 22 nitrogen and oxygen atoms in total. The Labute approximate surface area is 510 Å². The molecule has 9 N–H and O–H groups in total. The summed E-state index contributed by atoms with van der Waals surface area (Å²) in [5, 5.41) is 14.2. The van der Waals surface area contributed by atoms with Gasteiger partial charge < -0.3 is 51.5 Å². The van der Waals surface area contributed by atoms with Gasteiger partial charge in [0.15, 0.2) is 0 Å². The number of nitrogens with two attached hydrogens (primary N) is 1. The first-order valence-corrected chi connectivity index (χ1v) is 31.4. The Bertz CT molecular complexity index is 3310. The van der Waals surface area contributed by atoms with Gasteiger partial charge in [0, 0.05) is 80.5 Å². The molecule has 88 heavy (non-hydrogen) atoms. The third-order valence-electron chi connectivity index (χ3n) is 17.1. The van der Waals surface area contributed by atoms with Crippen molar-refractivity contribution in [1.82, 2.24) is 40.9 Å². The number of alkyl halides is 4. The Morgan fingerprint density at radius 3 is 2.27 bits per heavy atom. The van der Waals surface area contributed by atoms with E-state index in [0.717, 1.165) is 52.3 Å². The number of thiophene rings is 1. The predicted octanol–water partition coefficient (Wildman–Crippen LogP) is 4.88. The Hall–Kier alpha value is -7.16. The lowest BCUT2D eigenvalue weighted by molar-refractivity contribution is -0.189. The smallest absolute Gasteiger partial charge is 0.385 e. The van der Waals surface area contributed by atoms with E-state index < -0.39 is 105 Å². The second-order valence-corrected chi connectivity index (χ2v) is 26.0. The van der Waals surface area contributed by atoms with Crippen LogP contribution < -0.4 is 32.3 Å². The average Bonchev–Trinajstić information content (AvgIpc) is 3.61. The Morgan fingerprint density at radius 2 is 1.59 bits per heavy atom. The van der Waals surface area contributed by atoms with Gasteiger partial charge in [-0.15, -0.1) is 11.3 Å². The number of amides is 9. The second kappa shape index (κ2) is 27.7. The van der Waals surface area contributed by atoms with Crippen molar-refractivity contribution in [3.63, 3.8) is 0 Å². The highest BCUT2D eigenvalue weighted by molar-refractivity contribution is 7.39. The van der Waals surface area contributed by atoms with Crippen LogP contribution in [0, 0.1) is 5.92 Å². The maximum Gasteiger partial charge on any atom is 0.389 e. The molecule has 3 aromatic carbocycles. The van der Waals surface area contributed by atoms with Gasteiger partial charge in [-0.2, -0.15) is 8.78 Å². The van der Waals surface area contributed by atoms with Crippen molar-refractivity contribution in [1.29, 1.82) is 0 Å². The van der Waals surface area contributed by atoms with E-state index in [4.69, 9.17) is 15.5 Å². The molecule has 0 spiro atoms. The van der Waals surface area contributed by atoms with E-state index in [0.29, 0.717) is 42.7 Å². The van der Waals surface area contributed by atoms with E-state index >= 15 is 0 Å². The van der Waals surface area contributed by atoms with Crippen LogP contribution in [0.15, 0.2) is 66.7 Å². The number of hydrogen-bond acceptors (Lipinski definition) is 15. The van der Waals surface area contributed by atoms with E-state index in [1.807, 2.05) is 36.4 Å². The molecule has 6 atom stereocenters. The van der Waals surface area contributed by atoms with Crippen molar-refractivity contribution in [2.45, 2.75) is 152 Å². The minimum absolute atomic E-state index is 0.0425. The van der Waals surface area contributed by atoms with Gasteiger partial charge in [0.2, 0.25) is 41.4 Å². The number of carbonyl (C=O) groups excluding carboxylic acids is 9. The molecule has 474 valence electrons. The number of nitrogens with zero attached hydrogens (tertiary/aromatic N) is 4. The summed E-state index contributed by atoms with van der Waals surface area (Å²) in [5.74, 6) is -5.21. The molecular weight excluding hydrogens is 1190 g/mol. The maximum atomic E-state index is 14.8. The molecule has 5 aliphatic heterocycles. The summed E-state index contributed by atoms with van der Waals surface area (Å²) in [6.45, 7) is 6.73. The molecule has 9 rings (SSSR count). The van der Waals surface area contributed by atoms with E-state index in [-0.39, 0.29) is 110 Å². The van der Waals surface area contributed by atoms with Crippen LogP contribution in [0.1, 0.15) is 127 Å². The van der Waals surface area contributed by atoms with Crippen LogP contribution >= 0.6 is 19.9 Å². The quantitative estimate of drug-likeness (QED) is 0.0296. The largest absolute Gasteiger partial charge is 0.389 e. The summed E-state index contributed by atoms with van der Waals surface area (Å²) >= 11 is 0.881. The lowest BCUT2D eigenvalue weighted by Gasteiger charge is -2.39. The summed E-state index contributed by atoms with van der Waals surface area (Å²) in [4.78, 5) is 146. The fourth-order valence-electron chi connectivity index (χ4n) is 12.3. The number of piperidine rings is 2. The highest BCUT2D eigenvalue weighted by atomic mass is 32.1. The lowest BCUT2D eigenvalue weighted by atomic mass is 9.86. The molecule has 28 heteroatoms. The van der Waals surface area contributed by atoms with Crippen molar-refractivity contribution < 1.29 is 75.0 Å². The number of likely N-dealkylation sites (tertiary alicyclic amines) is 1. The average molecular weight is 1270 g/mol. The summed E-state index contributed by atoms with van der Waals surface area (Å²) in [6.07, 6.45) is -4.47. The monoisotopic (exact) mass is 1260 g/mol. The van der Waals surface area contributed by atoms with Crippen LogP contribution in [0.25, 0.3) is 10.1 Å². The SMILES string of the molecule is CC(C)(C)c1ccc(C[C@H](NC(=O)[C@H](CCC(N)=O)NC(=O)[C@@H]2CC[C@@H]3CCN(CC(F)F)C[C@H](NC(=O)c4cc5cc(C(F)(F)OP(O)O)ccc5s4)C(=O)N32)C(=O)N2CCC(CCNc3ccc4c(c3)CN(C3CCC(=O)NC3=O)C4=O)CC2)cc1. The Morgan fingerprint density at radius 1 is 0.864 bits per heavy atom. The van der Waals surface area contributed by atoms with E-state index in [1.165, 1.54) is 26.8 Å². The van der Waals surface area contributed by atoms with Crippen molar-refractivity contribution in [3.8, 4) is 0 Å². The van der Waals surface area contributed by atoms with Gasteiger partial charge >= 0.3 is 14.7 Å². The number of hydrogen-bond donors (Lipinski definition) is 8. The first-order chi connectivity index (χ1) is 41.7. The van der Waals surface area contributed by atoms with Crippen molar-refractivity contribution in [2.24, 2.45) is 11.7 Å². The van der Waals surface area contributed by atoms with E-state index in [1.54, 1.807) is 11.0 Å². The lowest BCUT2D eigenvalue weighted by Crippen LogP contribution is -2.62. The normalized spacial score (nSPS) is 21.2. The Balaban J connectivity index is 0.863. The number of halogens is 4. The van der Waals surface area contributed by atoms with E-state index in [9.17, 15) is 60.7 Å². The first-order valence-electron chi connectivity index (χ1n) is 29.4. The number of fused-ring (bicyclic) bond motifs is 3. The van der Waals surface area contributed by atoms with Gasteiger partial charge in [0.25, 0.3) is 18.2 Å². The van der Waals surface area contributed by atoms with Gasteiger partial charge in [-0.05, 0) is 127 Å². The molecule has 5 aliphatic rings. The van der Waals surface area contributed by atoms with Gasteiger partial charge in [-0.1, -0.05) is 45.0 Å². The molecule has 9 amide bonds. The molecule has 0 aliphatic carbocycles. The van der Waals surface area contributed by atoms with Gasteiger partial charge in [-0.3, -0.25) is 53.4 Å². The summed E-state index contributed by atoms with van der Waals surface area (Å²) in [6, 6.07) is 10.9. The van der Waals surface area contributed by atoms with E-state index in [2.05, 4.69) is 51.9 Å². The number of imide groups is 1. The third-order valence-corrected chi connectivity index (χ3v) is 18.6. The summed E-state index contributed by atoms with van der Waals surface area (Å²) in [5.41, 5.74) is 8.54. The van der Waals surface area contributed by atoms with Crippen molar-refractivity contribution in [3.05, 3.63) is 99.4 Å². The van der Waals surface area contributed by atoms with Crippen LogP contribution in [-0.2, 0) is 62.6 Å². The molecule has 6 heterocycles. The predicted molar refractivity (Wildman–Crippen MR) is 316 cm³/mol. The van der Waals surface area contributed by atoms with Crippen LogP contribution in [0.5, 0.6) is 0 Å². The molecule has 0 bridgehead atoms. The van der Waals surface area contributed by atoms with Crippen molar-refractivity contribution in [2.75, 3.05) is 44.6 Å². The Kier molecular flexibility index (Phi) is 20.6. The van der Waals surface area contributed by atoms with Crippen LogP contribution in [0.2, 0.25) is 0 Å². The third kappa shape index (κ3) is 15.8. The van der Waals surface area contributed by atoms with Gasteiger partial charge in [-0.25, -0.2) is 13.3 Å². The maximum absolute atomic E-state index is 14.8. The minimum atomic E-state index is -4.09. The molecule has 0 radical (unpaired) electrons. The molecular formula is C60H73F4N10O12PS. The zero-order valence-electron chi connectivity index (χ0n) is 48.9. The first kappa shape index (κ1) is 65.3. The minimum Gasteiger partial charge on any atom is -0.385 e. The number of primary amides is 1. The summed E-state index contributed by atoms with van der Waals surface area (Å²) < 4.78 is 61.5. The number of nitrogens with one attached hydrogen (secondary N) is 5. The highest BCUT2D eigenvalue weighted by Gasteiger charge is 2.47. The number of anilines is 1. The fourth-order valence-corrected chi connectivity index (χ4v) is 13.6. The number of rotatable bonds is 22. The van der Waals surface area contributed by atoms with Crippen molar-refractivity contribution >= 4 is 88.9 Å². The number of carbonyl (C=O) groups is 9. The summed E-state index contributed by atoms with van der Waals surface area (Å²) in [7, 11) is -3.43. The molecule has 4 fully saturated rings. The van der Waals surface area contributed by atoms with Gasteiger partial charge in [0.05, 0.1) is 17.0 Å².